The number of aliphatic imine (C=N–C) groups is 1. The first-order chi connectivity index (χ1) is 15.0. The van der Waals surface area contributed by atoms with Crippen LogP contribution >= 0.6 is 0 Å². The smallest absolute Gasteiger partial charge is 0.213 e. The lowest BCUT2D eigenvalue weighted by atomic mass is 10.1. The monoisotopic (exact) mass is 448 g/mol. The molecule has 0 radical (unpaired) electrons. The SMILES string of the molecule is CN=C(NCCS(=O)(=O)NCC1CCCCO1)N(C)Cc1cnn(-c2ccccc2)c1. The number of nitrogens with one attached hydrogen (secondary N) is 2. The number of aromatic nitrogens is 2. The van der Waals surface area contributed by atoms with Gasteiger partial charge in [-0.3, -0.25) is 4.99 Å². The zero-order valence-electron chi connectivity index (χ0n) is 18.2. The van der Waals surface area contributed by atoms with Gasteiger partial charge in [0.25, 0.3) is 0 Å². The summed E-state index contributed by atoms with van der Waals surface area (Å²) in [5, 5.41) is 7.53. The summed E-state index contributed by atoms with van der Waals surface area (Å²) in [4.78, 5) is 6.19. The van der Waals surface area contributed by atoms with E-state index in [0.717, 1.165) is 30.5 Å². The zero-order chi connectivity index (χ0) is 22.1. The summed E-state index contributed by atoms with van der Waals surface area (Å²) < 4.78 is 34.6. The third-order valence-corrected chi connectivity index (χ3v) is 6.46. The molecule has 0 spiro atoms. The fraction of sp³-hybridized carbons (Fsp3) is 0.524. The molecule has 1 aliphatic heterocycles. The molecule has 2 aromatic rings. The van der Waals surface area contributed by atoms with Crippen LogP contribution in [-0.4, -0.2) is 74.7 Å². The topological polar surface area (TPSA) is 101 Å². The highest BCUT2D eigenvalue weighted by Gasteiger charge is 2.18. The standard InChI is InChI=1S/C21H32N6O3S/c1-22-21(23-11-13-31(28,29)25-15-20-10-6-7-12-30-20)26(2)16-18-14-24-27(17-18)19-8-4-3-5-9-19/h3-5,8-9,14,17,20,25H,6-7,10-13,15-16H2,1-2H3,(H,22,23). The Hall–Kier alpha value is -2.43. The molecule has 170 valence electrons. The second kappa shape index (κ2) is 11.3. The largest absolute Gasteiger partial charge is 0.377 e. The Morgan fingerprint density at radius 2 is 2.13 bits per heavy atom. The molecule has 1 aromatic carbocycles. The number of benzene rings is 1. The van der Waals surface area contributed by atoms with Crippen molar-refractivity contribution in [2.24, 2.45) is 4.99 Å². The Balaban J connectivity index is 1.44. The number of para-hydroxylation sites is 1. The Morgan fingerprint density at radius 3 is 2.84 bits per heavy atom. The Bertz CT molecular complexity index is 939. The molecular formula is C21H32N6O3S. The van der Waals surface area contributed by atoms with E-state index in [1.165, 1.54) is 0 Å². The van der Waals surface area contributed by atoms with Crippen LogP contribution in [0.25, 0.3) is 5.69 Å². The Morgan fingerprint density at radius 1 is 1.32 bits per heavy atom. The van der Waals surface area contributed by atoms with Crippen molar-refractivity contribution in [1.29, 1.82) is 0 Å². The number of hydrogen-bond donors (Lipinski definition) is 2. The lowest BCUT2D eigenvalue weighted by molar-refractivity contribution is 0.0200. The molecule has 1 aliphatic rings. The first-order valence-electron chi connectivity index (χ1n) is 10.6. The van der Waals surface area contributed by atoms with Crippen LogP contribution in [0, 0.1) is 0 Å². The first kappa shape index (κ1) is 23.2. The van der Waals surface area contributed by atoms with Gasteiger partial charge in [0.05, 0.1) is 23.7 Å². The molecule has 2 N–H and O–H groups in total. The van der Waals surface area contributed by atoms with Gasteiger partial charge in [-0.15, -0.1) is 0 Å². The maximum atomic E-state index is 12.3. The molecule has 31 heavy (non-hydrogen) atoms. The van der Waals surface area contributed by atoms with Crippen molar-refractivity contribution in [2.75, 3.05) is 39.5 Å². The lowest BCUT2D eigenvalue weighted by Crippen LogP contribution is -2.43. The van der Waals surface area contributed by atoms with Gasteiger partial charge >= 0.3 is 0 Å². The molecule has 0 amide bonds. The highest BCUT2D eigenvalue weighted by Crippen LogP contribution is 2.12. The third kappa shape index (κ3) is 7.34. The normalized spacial score (nSPS) is 17.5. The van der Waals surface area contributed by atoms with E-state index in [2.05, 4.69) is 20.1 Å². The summed E-state index contributed by atoms with van der Waals surface area (Å²) in [6.07, 6.45) is 6.80. The summed E-state index contributed by atoms with van der Waals surface area (Å²) in [6, 6.07) is 9.90. The van der Waals surface area contributed by atoms with E-state index in [1.54, 1.807) is 7.05 Å². The van der Waals surface area contributed by atoms with Gasteiger partial charge < -0.3 is 15.0 Å². The van der Waals surface area contributed by atoms with Gasteiger partial charge in [0.2, 0.25) is 10.0 Å². The number of hydrogen-bond acceptors (Lipinski definition) is 5. The Labute approximate surface area is 184 Å². The van der Waals surface area contributed by atoms with Crippen LogP contribution in [0.4, 0.5) is 0 Å². The number of ether oxygens (including phenoxy) is 1. The molecule has 2 heterocycles. The molecule has 1 fully saturated rings. The molecule has 1 saturated heterocycles. The summed E-state index contributed by atoms with van der Waals surface area (Å²) >= 11 is 0. The summed E-state index contributed by atoms with van der Waals surface area (Å²) in [7, 11) is 0.209. The molecule has 1 unspecified atom stereocenters. The fourth-order valence-electron chi connectivity index (χ4n) is 3.45. The quantitative estimate of drug-likeness (QED) is 0.444. The van der Waals surface area contributed by atoms with Gasteiger partial charge in [0.1, 0.15) is 0 Å². The third-order valence-electron chi connectivity index (χ3n) is 5.11. The van der Waals surface area contributed by atoms with E-state index in [4.69, 9.17) is 4.74 Å². The number of rotatable bonds is 9. The molecule has 0 saturated carbocycles. The summed E-state index contributed by atoms with van der Waals surface area (Å²) in [5.74, 6) is 0.594. The van der Waals surface area contributed by atoms with Crippen molar-refractivity contribution >= 4 is 16.0 Å². The van der Waals surface area contributed by atoms with Crippen molar-refractivity contribution in [3.63, 3.8) is 0 Å². The molecule has 0 bridgehead atoms. The van der Waals surface area contributed by atoms with Crippen molar-refractivity contribution in [2.45, 2.75) is 31.9 Å². The highest BCUT2D eigenvalue weighted by atomic mass is 32.2. The van der Waals surface area contributed by atoms with E-state index >= 15 is 0 Å². The van der Waals surface area contributed by atoms with Gasteiger partial charge in [-0.05, 0) is 31.4 Å². The van der Waals surface area contributed by atoms with Crippen LogP contribution in [0.1, 0.15) is 24.8 Å². The molecule has 1 atom stereocenters. The van der Waals surface area contributed by atoms with E-state index < -0.39 is 10.0 Å². The minimum atomic E-state index is -3.38. The van der Waals surface area contributed by atoms with Gasteiger partial charge in [-0.1, -0.05) is 18.2 Å². The molecule has 3 rings (SSSR count). The van der Waals surface area contributed by atoms with Crippen molar-refractivity contribution in [3.8, 4) is 5.69 Å². The van der Waals surface area contributed by atoms with Gasteiger partial charge in [-0.2, -0.15) is 5.10 Å². The summed E-state index contributed by atoms with van der Waals surface area (Å²) in [5.41, 5.74) is 2.02. The molecule has 0 aliphatic carbocycles. The average molecular weight is 449 g/mol. The van der Waals surface area contributed by atoms with Crippen LogP contribution in [0.5, 0.6) is 0 Å². The van der Waals surface area contributed by atoms with Gasteiger partial charge in [-0.25, -0.2) is 17.8 Å². The zero-order valence-corrected chi connectivity index (χ0v) is 19.0. The molecule has 10 heteroatoms. The average Bonchev–Trinajstić information content (AvgIpc) is 3.25. The maximum absolute atomic E-state index is 12.3. The van der Waals surface area contributed by atoms with Crippen LogP contribution in [0.3, 0.4) is 0 Å². The van der Waals surface area contributed by atoms with Crippen molar-refractivity contribution < 1.29 is 13.2 Å². The van der Waals surface area contributed by atoms with Crippen LogP contribution in [-0.2, 0) is 21.3 Å². The fourth-order valence-corrected chi connectivity index (χ4v) is 4.41. The lowest BCUT2D eigenvalue weighted by Gasteiger charge is -2.23. The second-order valence-corrected chi connectivity index (χ2v) is 9.54. The van der Waals surface area contributed by atoms with Crippen LogP contribution < -0.4 is 10.0 Å². The second-order valence-electron chi connectivity index (χ2n) is 7.61. The molecule has 9 nitrogen and oxygen atoms in total. The first-order valence-corrected chi connectivity index (χ1v) is 12.2. The number of nitrogens with zero attached hydrogens (tertiary/aromatic N) is 4. The van der Waals surface area contributed by atoms with Crippen molar-refractivity contribution in [1.82, 2.24) is 24.7 Å². The summed E-state index contributed by atoms with van der Waals surface area (Å²) in [6.45, 7) is 1.90. The van der Waals surface area contributed by atoms with Crippen LogP contribution in [0.15, 0.2) is 47.7 Å². The number of guanidine groups is 1. The maximum Gasteiger partial charge on any atom is 0.213 e. The predicted octanol–water partition coefficient (Wildman–Crippen LogP) is 1.37. The highest BCUT2D eigenvalue weighted by molar-refractivity contribution is 7.89. The molecular weight excluding hydrogens is 416 g/mol. The van der Waals surface area contributed by atoms with E-state index in [-0.39, 0.29) is 18.4 Å². The van der Waals surface area contributed by atoms with Gasteiger partial charge in [0, 0.05) is 52.1 Å². The van der Waals surface area contributed by atoms with Gasteiger partial charge in [0.15, 0.2) is 5.96 Å². The minimum Gasteiger partial charge on any atom is -0.377 e. The Kier molecular flexibility index (Phi) is 8.44. The van der Waals surface area contributed by atoms with E-state index in [9.17, 15) is 8.42 Å². The predicted molar refractivity (Wildman–Crippen MR) is 122 cm³/mol. The minimum absolute atomic E-state index is 0.0211. The number of sulfonamides is 1. The van der Waals surface area contributed by atoms with Crippen molar-refractivity contribution in [3.05, 3.63) is 48.3 Å². The van der Waals surface area contributed by atoms with E-state index in [1.807, 2.05) is 59.4 Å². The van der Waals surface area contributed by atoms with E-state index in [0.29, 0.717) is 25.7 Å². The molecule has 1 aromatic heterocycles. The van der Waals surface area contributed by atoms with Crippen LogP contribution in [0.2, 0.25) is 0 Å².